The van der Waals surface area contributed by atoms with Crippen LogP contribution < -0.4 is 9.79 Å². The summed E-state index contributed by atoms with van der Waals surface area (Å²) in [6, 6.07) is 0. The van der Waals surface area contributed by atoms with Gasteiger partial charge in [-0.1, -0.05) is 0 Å². The molecule has 0 aromatic heterocycles. The molecule has 0 amide bonds. The van der Waals surface area contributed by atoms with Crippen LogP contribution in [0.4, 0.5) is 0 Å². The van der Waals surface area contributed by atoms with Crippen LogP contribution >= 0.6 is 22.8 Å². The second kappa shape index (κ2) is 12.9. The lowest BCUT2D eigenvalue weighted by molar-refractivity contribution is -0.196. The van der Waals surface area contributed by atoms with Gasteiger partial charge >= 0.3 is 7.60 Å². The molecule has 0 heterocycles. The first kappa shape index (κ1) is 26.4. The predicted molar refractivity (Wildman–Crippen MR) is 77.7 cm³/mol. The summed E-state index contributed by atoms with van der Waals surface area (Å²) in [7, 11) is -10.00. The summed E-state index contributed by atoms with van der Waals surface area (Å²) in [6.07, 6.45) is 0. The van der Waals surface area contributed by atoms with E-state index in [-0.39, 0.29) is 6.61 Å². The third-order valence-electron chi connectivity index (χ3n) is 1.09. The molecule has 9 nitrogen and oxygen atoms in total. The Labute approximate surface area is 126 Å². The minimum absolute atomic E-state index is 0.233. The lowest BCUT2D eigenvalue weighted by Gasteiger charge is -2.15. The average molecular weight is 370 g/mol. The first-order chi connectivity index (χ1) is 9.18. The van der Waals surface area contributed by atoms with Crippen molar-refractivity contribution >= 4 is 22.8 Å². The van der Waals surface area contributed by atoms with Crippen molar-refractivity contribution in [1.82, 2.24) is 0 Å². The van der Waals surface area contributed by atoms with Crippen LogP contribution in [0.5, 0.6) is 0 Å². The van der Waals surface area contributed by atoms with Crippen LogP contribution in [0.1, 0.15) is 20.8 Å². The van der Waals surface area contributed by atoms with Gasteiger partial charge in [-0.05, 0) is 20.8 Å². The van der Waals surface area contributed by atoms with Crippen molar-refractivity contribution in [3.63, 3.8) is 0 Å². The van der Waals surface area contributed by atoms with Crippen LogP contribution in [0.25, 0.3) is 0 Å². The van der Waals surface area contributed by atoms with E-state index in [1.807, 2.05) is 0 Å². The Morgan fingerprint density at radius 3 is 1.14 bits per heavy atom. The number of hydrogen-bond donors (Lipinski definition) is 1. The van der Waals surface area contributed by atoms with E-state index < -0.39 is 22.8 Å². The Morgan fingerprint density at radius 1 is 0.810 bits per heavy atom. The molecular formula is C9H25O9P3-2. The molecule has 0 radical (unpaired) electrons. The molecule has 0 aromatic carbocycles. The normalized spacial score (nSPS) is 16.4. The van der Waals surface area contributed by atoms with E-state index in [2.05, 4.69) is 4.52 Å². The summed E-state index contributed by atoms with van der Waals surface area (Å²) >= 11 is 0. The largest absolute Gasteiger partial charge is 0.779 e. The molecule has 2 atom stereocenters. The second-order valence-electron chi connectivity index (χ2n) is 3.60. The van der Waals surface area contributed by atoms with E-state index in [0.717, 1.165) is 13.3 Å². The first-order valence-corrected chi connectivity index (χ1v) is 12.0. The van der Waals surface area contributed by atoms with Gasteiger partial charge < -0.3 is 37.4 Å². The van der Waals surface area contributed by atoms with E-state index in [0.29, 0.717) is 13.2 Å². The Hall–Kier alpha value is 0.450. The SMILES string of the molecule is CCOP(C)(=O)OCC.CCOP(C)(=O)[O-].CP(=O)([O-])O. The fourth-order valence-corrected chi connectivity index (χ4v) is 2.22. The summed E-state index contributed by atoms with van der Waals surface area (Å²) in [5.74, 6) is 0. The molecule has 0 spiro atoms. The van der Waals surface area contributed by atoms with Crippen molar-refractivity contribution in [3.05, 3.63) is 0 Å². The van der Waals surface area contributed by atoms with Gasteiger partial charge in [-0.15, -0.1) is 0 Å². The number of hydrogen-bond acceptors (Lipinski definition) is 8. The molecule has 0 bridgehead atoms. The van der Waals surface area contributed by atoms with Crippen molar-refractivity contribution in [2.24, 2.45) is 0 Å². The fraction of sp³-hybridized carbons (Fsp3) is 1.00. The van der Waals surface area contributed by atoms with Crippen LogP contribution in [0, 0.1) is 0 Å². The highest BCUT2D eigenvalue weighted by Gasteiger charge is 2.13. The highest BCUT2D eigenvalue weighted by molar-refractivity contribution is 7.53. The highest BCUT2D eigenvalue weighted by atomic mass is 31.2. The van der Waals surface area contributed by atoms with Gasteiger partial charge in [0.25, 0.3) is 0 Å². The third-order valence-corrected chi connectivity index (χ3v) is 3.27. The van der Waals surface area contributed by atoms with Crippen LogP contribution in [-0.4, -0.2) is 44.7 Å². The lowest BCUT2D eigenvalue weighted by Crippen LogP contribution is -2.01. The molecule has 12 heteroatoms. The van der Waals surface area contributed by atoms with Gasteiger partial charge in [0.2, 0.25) is 0 Å². The highest BCUT2D eigenvalue weighted by Crippen LogP contribution is 2.43. The maximum Gasteiger partial charge on any atom is 0.327 e. The predicted octanol–water partition coefficient (Wildman–Crippen LogP) is 1.25. The molecular weight excluding hydrogens is 345 g/mol. The molecule has 0 aromatic rings. The zero-order chi connectivity index (χ0) is 17.7. The lowest BCUT2D eigenvalue weighted by atomic mass is 10.9. The first-order valence-electron chi connectivity index (χ1n) is 5.99. The molecule has 0 fully saturated rings. The third kappa shape index (κ3) is 44.9. The Kier molecular flexibility index (Phi) is 16.2. The monoisotopic (exact) mass is 370 g/mol. The van der Waals surface area contributed by atoms with Gasteiger partial charge in [0.05, 0.1) is 19.8 Å². The molecule has 0 aliphatic carbocycles. The molecule has 21 heavy (non-hydrogen) atoms. The van der Waals surface area contributed by atoms with Crippen molar-refractivity contribution in [2.45, 2.75) is 20.8 Å². The van der Waals surface area contributed by atoms with Gasteiger partial charge in [0, 0.05) is 20.0 Å². The summed E-state index contributed by atoms with van der Waals surface area (Å²) < 4.78 is 44.1. The van der Waals surface area contributed by atoms with Gasteiger partial charge in [-0.25, -0.2) is 0 Å². The number of rotatable bonds is 6. The Balaban J connectivity index is -0.000000242. The van der Waals surface area contributed by atoms with Gasteiger partial charge in [0.1, 0.15) is 15.2 Å². The average Bonchev–Trinajstić information content (AvgIpc) is 2.12. The van der Waals surface area contributed by atoms with Crippen LogP contribution in [0.2, 0.25) is 0 Å². The van der Waals surface area contributed by atoms with Gasteiger partial charge in [-0.3, -0.25) is 4.57 Å². The molecule has 132 valence electrons. The van der Waals surface area contributed by atoms with E-state index >= 15 is 0 Å². The smallest absolute Gasteiger partial charge is 0.327 e. The van der Waals surface area contributed by atoms with E-state index in [9.17, 15) is 23.5 Å². The zero-order valence-electron chi connectivity index (χ0n) is 13.2. The van der Waals surface area contributed by atoms with E-state index in [1.165, 1.54) is 6.66 Å². The van der Waals surface area contributed by atoms with E-state index in [1.54, 1.807) is 20.8 Å². The molecule has 0 aliphatic rings. The minimum atomic E-state index is -3.89. The maximum atomic E-state index is 11.0. The van der Waals surface area contributed by atoms with Crippen molar-refractivity contribution < 1.29 is 41.9 Å². The van der Waals surface area contributed by atoms with Crippen LogP contribution in [0.3, 0.4) is 0 Å². The maximum absolute atomic E-state index is 11.0. The second-order valence-corrected chi connectivity index (χ2v) is 9.06. The zero-order valence-corrected chi connectivity index (χ0v) is 15.9. The van der Waals surface area contributed by atoms with E-state index in [4.69, 9.17) is 13.9 Å². The minimum Gasteiger partial charge on any atom is -0.779 e. The molecule has 1 N–H and O–H groups in total. The fourth-order valence-electron chi connectivity index (χ4n) is 0.741. The Bertz CT molecular complexity index is 354. The topological polar surface area (TPSA) is 145 Å². The van der Waals surface area contributed by atoms with Gasteiger partial charge in [-0.2, -0.15) is 0 Å². The molecule has 0 saturated carbocycles. The van der Waals surface area contributed by atoms with Crippen LogP contribution in [-0.2, 0) is 27.3 Å². The van der Waals surface area contributed by atoms with Crippen molar-refractivity contribution in [3.8, 4) is 0 Å². The summed E-state index contributed by atoms with van der Waals surface area (Å²) in [5.41, 5.74) is 0. The molecule has 0 rings (SSSR count). The Morgan fingerprint density at radius 2 is 1.05 bits per heavy atom. The molecule has 0 saturated heterocycles. The summed E-state index contributed by atoms with van der Waals surface area (Å²) in [6.45, 7) is 9.58. The quantitative estimate of drug-likeness (QED) is 0.683. The summed E-state index contributed by atoms with van der Waals surface area (Å²) in [5, 5.41) is 0. The standard InChI is InChI=1S/C5H13O3P.C3H9O3P.CH5O3P/c1-4-7-9(3,6)8-5-2;1-3-6-7(2,4)5;1-5(2,3)4/h4-5H2,1-3H3;3H2,1-2H3,(H,4,5);1H3,(H2,2,3,4)/p-2. The van der Waals surface area contributed by atoms with Crippen molar-refractivity contribution in [2.75, 3.05) is 39.8 Å². The van der Waals surface area contributed by atoms with Crippen LogP contribution in [0.15, 0.2) is 0 Å². The summed E-state index contributed by atoms with van der Waals surface area (Å²) in [4.78, 5) is 26.8. The molecule has 2 unspecified atom stereocenters. The van der Waals surface area contributed by atoms with Gasteiger partial charge in [0.15, 0.2) is 0 Å². The molecule has 0 aliphatic heterocycles. The van der Waals surface area contributed by atoms with Crippen molar-refractivity contribution in [1.29, 1.82) is 0 Å².